The molecule has 0 aliphatic carbocycles. The molecule has 0 saturated carbocycles. The van der Waals surface area contributed by atoms with Gasteiger partial charge in [0.15, 0.2) is 0 Å². The Labute approximate surface area is 133 Å². The number of carbonyl (C=O) groups is 1. The number of aryl methyl sites for hydroxylation is 1. The molecule has 1 unspecified atom stereocenters. The maximum atomic E-state index is 12.4. The first-order valence-corrected chi connectivity index (χ1v) is 8.39. The number of amides is 1. The standard InChI is InChI=1S/C18H26N2O2/c1-15-4-2-6-17(12-15)19-7-9-20(10-8-19)18(21)13-16-5-3-11-22-14-16/h2,4,6,12,16H,3,5,7-11,13-14H2,1H3. The van der Waals surface area contributed by atoms with Crippen molar-refractivity contribution in [2.24, 2.45) is 5.92 Å². The molecule has 1 amide bonds. The Morgan fingerprint density at radius 1 is 1.27 bits per heavy atom. The summed E-state index contributed by atoms with van der Waals surface area (Å²) in [5.74, 6) is 0.732. The van der Waals surface area contributed by atoms with Crippen LogP contribution in [-0.2, 0) is 9.53 Å². The zero-order valence-electron chi connectivity index (χ0n) is 13.5. The summed E-state index contributed by atoms with van der Waals surface area (Å²) in [5, 5.41) is 0. The van der Waals surface area contributed by atoms with Crippen molar-refractivity contribution >= 4 is 11.6 Å². The molecule has 2 aliphatic heterocycles. The van der Waals surface area contributed by atoms with E-state index in [4.69, 9.17) is 4.74 Å². The monoisotopic (exact) mass is 302 g/mol. The summed E-state index contributed by atoms with van der Waals surface area (Å²) in [7, 11) is 0. The molecule has 2 aliphatic rings. The van der Waals surface area contributed by atoms with Crippen LogP contribution in [0.15, 0.2) is 24.3 Å². The van der Waals surface area contributed by atoms with Gasteiger partial charge in [0.25, 0.3) is 0 Å². The van der Waals surface area contributed by atoms with Crippen molar-refractivity contribution in [1.29, 1.82) is 0 Å². The first kappa shape index (κ1) is 15.3. The lowest BCUT2D eigenvalue weighted by atomic mass is 9.98. The van der Waals surface area contributed by atoms with Gasteiger partial charge in [-0.2, -0.15) is 0 Å². The number of carbonyl (C=O) groups excluding carboxylic acids is 1. The van der Waals surface area contributed by atoms with E-state index in [-0.39, 0.29) is 0 Å². The summed E-state index contributed by atoms with van der Waals surface area (Å²) in [5.41, 5.74) is 2.56. The lowest BCUT2D eigenvalue weighted by Crippen LogP contribution is -2.49. The second kappa shape index (κ2) is 7.14. The van der Waals surface area contributed by atoms with Gasteiger partial charge in [0.2, 0.25) is 5.91 Å². The van der Waals surface area contributed by atoms with E-state index in [1.807, 2.05) is 4.90 Å². The molecule has 1 atom stereocenters. The van der Waals surface area contributed by atoms with Gasteiger partial charge in [-0.05, 0) is 43.4 Å². The molecule has 22 heavy (non-hydrogen) atoms. The summed E-state index contributed by atoms with van der Waals surface area (Å²) in [4.78, 5) is 16.8. The number of hydrogen-bond acceptors (Lipinski definition) is 3. The molecule has 0 bridgehead atoms. The third-order valence-corrected chi connectivity index (χ3v) is 4.72. The SMILES string of the molecule is Cc1cccc(N2CCN(C(=O)CC3CCCOC3)CC2)c1. The normalized spacial score (nSPS) is 22.7. The maximum Gasteiger partial charge on any atom is 0.223 e. The summed E-state index contributed by atoms with van der Waals surface area (Å²) < 4.78 is 5.48. The number of anilines is 1. The van der Waals surface area contributed by atoms with Gasteiger partial charge in [-0.3, -0.25) is 4.79 Å². The van der Waals surface area contributed by atoms with Gasteiger partial charge in [-0.1, -0.05) is 12.1 Å². The van der Waals surface area contributed by atoms with Crippen LogP contribution in [0.25, 0.3) is 0 Å². The van der Waals surface area contributed by atoms with E-state index >= 15 is 0 Å². The summed E-state index contributed by atoms with van der Waals surface area (Å²) in [6.07, 6.45) is 2.89. The number of rotatable bonds is 3. The van der Waals surface area contributed by atoms with Crippen LogP contribution in [0, 0.1) is 12.8 Å². The molecule has 0 aromatic heterocycles. The Balaban J connectivity index is 1.49. The van der Waals surface area contributed by atoms with E-state index in [2.05, 4.69) is 36.1 Å². The molecule has 4 heteroatoms. The number of nitrogens with zero attached hydrogens (tertiary/aromatic N) is 2. The van der Waals surface area contributed by atoms with Crippen LogP contribution in [-0.4, -0.2) is 50.2 Å². The molecule has 0 radical (unpaired) electrons. The average Bonchev–Trinajstić information content (AvgIpc) is 2.56. The van der Waals surface area contributed by atoms with E-state index in [0.717, 1.165) is 52.2 Å². The molecule has 1 aromatic carbocycles. The summed E-state index contributed by atoms with van der Waals surface area (Å²) in [6.45, 7) is 7.26. The highest BCUT2D eigenvalue weighted by Crippen LogP contribution is 2.21. The van der Waals surface area contributed by atoms with Crippen LogP contribution >= 0.6 is 0 Å². The molecule has 2 saturated heterocycles. The van der Waals surface area contributed by atoms with Crippen LogP contribution in [0.1, 0.15) is 24.8 Å². The van der Waals surface area contributed by atoms with Crippen LogP contribution in [0.2, 0.25) is 0 Å². The zero-order valence-corrected chi connectivity index (χ0v) is 13.5. The lowest BCUT2D eigenvalue weighted by molar-refractivity contribution is -0.133. The predicted octanol–water partition coefficient (Wildman–Crippen LogP) is 2.46. The lowest BCUT2D eigenvalue weighted by Gasteiger charge is -2.37. The van der Waals surface area contributed by atoms with E-state index in [0.29, 0.717) is 18.2 Å². The van der Waals surface area contributed by atoms with Crippen molar-refractivity contribution in [1.82, 2.24) is 4.90 Å². The van der Waals surface area contributed by atoms with E-state index in [1.54, 1.807) is 0 Å². The quantitative estimate of drug-likeness (QED) is 0.860. The van der Waals surface area contributed by atoms with Crippen molar-refractivity contribution < 1.29 is 9.53 Å². The van der Waals surface area contributed by atoms with Gasteiger partial charge in [0, 0.05) is 51.5 Å². The minimum atomic E-state index is 0.305. The van der Waals surface area contributed by atoms with Crippen LogP contribution in [0.3, 0.4) is 0 Å². The third-order valence-electron chi connectivity index (χ3n) is 4.72. The molecule has 120 valence electrons. The molecular formula is C18H26N2O2. The maximum absolute atomic E-state index is 12.4. The van der Waals surface area contributed by atoms with Crippen LogP contribution < -0.4 is 4.90 Å². The molecule has 2 fully saturated rings. The van der Waals surface area contributed by atoms with Crippen molar-refractivity contribution in [3.8, 4) is 0 Å². The Hall–Kier alpha value is -1.55. The molecule has 2 heterocycles. The van der Waals surface area contributed by atoms with Crippen LogP contribution in [0.4, 0.5) is 5.69 Å². The average molecular weight is 302 g/mol. The van der Waals surface area contributed by atoms with Crippen molar-refractivity contribution in [2.75, 3.05) is 44.3 Å². The number of hydrogen-bond donors (Lipinski definition) is 0. The molecule has 0 N–H and O–H groups in total. The Morgan fingerprint density at radius 2 is 2.09 bits per heavy atom. The smallest absolute Gasteiger partial charge is 0.223 e. The fourth-order valence-corrected chi connectivity index (χ4v) is 3.38. The van der Waals surface area contributed by atoms with Crippen LogP contribution in [0.5, 0.6) is 0 Å². The number of benzene rings is 1. The van der Waals surface area contributed by atoms with E-state index < -0.39 is 0 Å². The fraction of sp³-hybridized carbons (Fsp3) is 0.611. The van der Waals surface area contributed by atoms with Crippen molar-refractivity contribution in [3.05, 3.63) is 29.8 Å². The summed E-state index contributed by atoms with van der Waals surface area (Å²) in [6, 6.07) is 8.60. The summed E-state index contributed by atoms with van der Waals surface area (Å²) >= 11 is 0. The minimum absolute atomic E-state index is 0.305. The predicted molar refractivity (Wildman–Crippen MR) is 88.1 cm³/mol. The Kier molecular flexibility index (Phi) is 4.98. The van der Waals surface area contributed by atoms with Gasteiger partial charge in [-0.15, -0.1) is 0 Å². The first-order chi connectivity index (χ1) is 10.7. The van der Waals surface area contributed by atoms with E-state index in [9.17, 15) is 4.79 Å². The molecule has 1 aromatic rings. The van der Waals surface area contributed by atoms with Gasteiger partial charge in [0.1, 0.15) is 0 Å². The highest BCUT2D eigenvalue weighted by Gasteiger charge is 2.24. The Morgan fingerprint density at radius 3 is 2.77 bits per heavy atom. The first-order valence-electron chi connectivity index (χ1n) is 8.39. The number of piperazine rings is 1. The second-order valence-corrected chi connectivity index (χ2v) is 6.49. The highest BCUT2D eigenvalue weighted by molar-refractivity contribution is 5.76. The largest absolute Gasteiger partial charge is 0.381 e. The van der Waals surface area contributed by atoms with Gasteiger partial charge in [0.05, 0.1) is 0 Å². The van der Waals surface area contributed by atoms with Gasteiger partial charge >= 0.3 is 0 Å². The Bertz CT molecular complexity index is 504. The molecule has 4 nitrogen and oxygen atoms in total. The van der Waals surface area contributed by atoms with Crippen molar-refractivity contribution in [3.63, 3.8) is 0 Å². The second-order valence-electron chi connectivity index (χ2n) is 6.49. The molecule has 0 spiro atoms. The number of ether oxygens (including phenoxy) is 1. The molecular weight excluding hydrogens is 276 g/mol. The topological polar surface area (TPSA) is 32.8 Å². The van der Waals surface area contributed by atoms with Gasteiger partial charge in [-0.25, -0.2) is 0 Å². The van der Waals surface area contributed by atoms with E-state index in [1.165, 1.54) is 11.3 Å². The fourth-order valence-electron chi connectivity index (χ4n) is 3.38. The third kappa shape index (κ3) is 3.80. The zero-order chi connectivity index (χ0) is 15.4. The van der Waals surface area contributed by atoms with Crippen molar-refractivity contribution in [2.45, 2.75) is 26.2 Å². The molecule has 3 rings (SSSR count). The minimum Gasteiger partial charge on any atom is -0.381 e. The van der Waals surface area contributed by atoms with Gasteiger partial charge < -0.3 is 14.5 Å². The highest BCUT2D eigenvalue weighted by atomic mass is 16.5.